The van der Waals surface area contributed by atoms with Crippen molar-refractivity contribution in [3.8, 4) is 5.75 Å². The third-order valence-electron chi connectivity index (χ3n) is 4.45. The molecule has 0 unspecified atom stereocenters. The number of hydrogen-bond acceptors (Lipinski definition) is 3. The van der Waals surface area contributed by atoms with Gasteiger partial charge in [0.15, 0.2) is 0 Å². The highest BCUT2D eigenvalue weighted by Crippen LogP contribution is 2.31. The molecule has 0 bridgehead atoms. The highest BCUT2D eigenvalue weighted by atomic mass is 32.2. The summed E-state index contributed by atoms with van der Waals surface area (Å²) < 4.78 is 70.5. The summed E-state index contributed by atoms with van der Waals surface area (Å²) in [6, 6.07) is 9.61. The molecular formula is C19H20F3NO3S. The monoisotopic (exact) mass is 399 g/mol. The Morgan fingerprint density at radius 3 is 2.48 bits per heavy atom. The third-order valence-corrected chi connectivity index (χ3v) is 5.91. The highest BCUT2D eigenvalue weighted by Gasteiger charge is 2.30. The van der Waals surface area contributed by atoms with Gasteiger partial charge < -0.3 is 4.74 Å². The van der Waals surface area contributed by atoms with Crippen LogP contribution in [-0.2, 0) is 29.0 Å². The summed E-state index contributed by atoms with van der Waals surface area (Å²) >= 11 is 0. The van der Waals surface area contributed by atoms with Crippen molar-refractivity contribution in [2.45, 2.75) is 36.8 Å². The van der Waals surface area contributed by atoms with Crippen LogP contribution in [0.4, 0.5) is 13.2 Å². The van der Waals surface area contributed by atoms with Crippen LogP contribution >= 0.6 is 0 Å². The van der Waals surface area contributed by atoms with Gasteiger partial charge in [0.05, 0.1) is 10.5 Å². The van der Waals surface area contributed by atoms with Gasteiger partial charge in [0.2, 0.25) is 10.0 Å². The number of aryl methyl sites for hydroxylation is 2. The highest BCUT2D eigenvalue weighted by molar-refractivity contribution is 7.89. The van der Waals surface area contributed by atoms with Crippen molar-refractivity contribution in [1.82, 2.24) is 4.72 Å². The SMILES string of the molecule is O=S(=O)(NCCOc1cccc(C(F)(F)F)c1)c1ccc2c(c1)CCCC2. The number of benzene rings is 2. The van der Waals surface area contributed by atoms with Crippen LogP contribution in [0.1, 0.15) is 29.5 Å². The van der Waals surface area contributed by atoms with Gasteiger partial charge in [0, 0.05) is 6.54 Å². The van der Waals surface area contributed by atoms with Crippen LogP contribution in [0.2, 0.25) is 0 Å². The molecule has 0 heterocycles. The van der Waals surface area contributed by atoms with Gasteiger partial charge in [-0.3, -0.25) is 0 Å². The van der Waals surface area contributed by atoms with E-state index in [1.165, 1.54) is 17.7 Å². The zero-order valence-corrected chi connectivity index (χ0v) is 15.4. The van der Waals surface area contributed by atoms with Gasteiger partial charge in [0.1, 0.15) is 12.4 Å². The fourth-order valence-electron chi connectivity index (χ4n) is 3.07. The van der Waals surface area contributed by atoms with Crippen molar-refractivity contribution in [3.05, 3.63) is 59.2 Å². The molecule has 0 aromatic heterocycles. The molecule has 146 valence electrons. The molecule has 1 aliphatic carbocycles. The topological polar surface area (TPSA) is 55.4 Å². The van der Waals surface area contributed by atoms with Crippen LogP contribution in [0, 0.1) is 0 Å². The number of halogens is 3. The van der Waals surface area contributed by atoms with Gasteiger partial charge >= 0.3 is 6.18 Å². The van der Waals surface area contributed by atoms with Crippen LogP contribution in [0.5, 0.6) is 5.75 Å². The molecule has 0 saturated carbocycles. The van der Waals surface area contributed by atoms with Gasteiger partial charge in [-0.2, -0.15) is 13.2 Å². The van der Waals surface area contributed by atoms with Gasteiger partial charge in [-0.15, -0.1) is 0 Å². The molecule has 27 heavy (non-hydrogen) atoms. The lowest BCUT2D eigenvalue weighted by Crippen LogP contribution is -2.28. The molecule has 1 N–H and O–H groups in total. The average molecular weight is 399 g/mol. The van der Waals surface area contributed by atoms with E-state index in [2.05, 4.69) is 4.72 Å². The standard InChI is InChI=1S/C19H20F3NO3S/c20-19(21,22)16-6-3-7-17(13-16)26-11-10-23-27(24,25)18-9-8-14-4-1-2-5-15(14)12-18/h3,6-9,12-13,23H,1-2,4-5,10-11H2. The average Bonchev–Trinajstić information content (AvgIpc) is 2.64. The van der Waals surface area contributed by atoms with Crippen molar-refractivity contribution < 1.29 is 26.3 Å². The normalized spacial score (nSPS) is 14.6. The van der Waals surface area contributed by atoms with E-state index in [-0.39, 0.29) is 23.8 Å². The summed E-state index contributed by atoms with van der Waals surface area (Å²) in [5, 5.41) is 0. The molecule has 0 aliphatic heterocycles. The number of rotatable bonds is 6. The maximum absolute atomic E-state index is 12.7. The predicted octanol–water partition coefficient (Wildman–Crippen LogP) is 3.94. The molecule has 3 rings (SSSR count). The zero-order valence-electron chi connectivity index (χ0n) is 14.6. The fraction of sp³-hybridized carbons (Fsp3) is 0.368. The van der Waals surface area contributed by atoms with Crippen molar-refractivity contribution in [3.63, 3.8) is 0 Å². The Hall–Kier alpha value is -2.06. The summed E-state index contributed by atoms with van der Waals surface area (Å²) in [5.41, 5.74) is 1.44. The Labute approximate surface area is 156 Å². The van der Waals surface area contributed by atoms with Crippen molar-refractivity contribution in [2.75, 3.05) is 13.2 Å². The molecule has 0 amide bonds. The molecule has 0 radical (unpaired) electrons. The Bertz CT molecular complexity index is 911. The second-order valence-electron chi connectivity index (χ2n) is 6.41. The molecule has 2 aromatic carbocycles. The summed E-state index contributed by atoms with van der Waals surface area (Å²) in [5.74, 6) is 0.0396. The minimum absolute atomic E-state index is 0.0396. The Morgan fingerprint density at radius 2 is 1.74 bits per heavy atom. The smallest absolute Gasteiger partial charge is 0.416 e. The predicted molar refractivity (Wildman–Crippen MR) is 95.2 cm³/mol. The fourth-order valence-corrected chi connectivity index (χ4v) is 4.13. The molecule has 1 aliphatic rings. The number of ether oxygens (including phenoxy) is 1. The van der Waals surface area contributed by atoms with Gasteiger partial charge in [-0.25, -0.2) is 13.1 Å². The number of hydrogen-bond donors (Lipinski definition) is 1. The molecule has 0 fully saturated rings. The molecule has 2 aromatic rings. The van der Waals surface area contributed by atoms with Crippen LogP contribution in [0.25, 0.3) is 0 Å². The van der Waals surface area contributed by atoms with E-state index in [1.807, 2.05) is 6.07 Å². The minimum Gasteiger partial charge on any atom is -0.492 e. The van der Waals surface area contributed by atoms with Gasteiger partial charge in [-0.1, -0.05) is 12.1 Å². The lowest BCUT2D eigenvalue weighted by molar-refractivity contribution is -0.137. The zero-order chi connectivity index (χ0) is 19.5. The van der Waals surface area contributed by atoms with Gasteiger partial charge in [0.25, 0.3) is 0 Å². The first-order chi connectivity index (χ1) is 12.8. The molecule has 8 heteroatoms. The van der Waals surface area contributed by atoms with Crippen molar-refractivity contribution in [1.29, 1.82) is 0 Å². The summed E-state index contributed by atoms with van der Waals surface area (Å²) in [6.45, 7) is -0.124. The van der Waals surface area contributed by atoms with Crippen molar-refractivity contribution >= 4 is 10.0 Å². The second kappa shape index (κ2) is 7.90. The van der Waals surface area contributed by atoms with E-state index in [0.717, 1.165) is 43.4 Å². The lowest BCUT2D eigenvalue weighted by Gasteiger charge is -2.17. The number of fused-ring (bicyclic) bond motifs is 1. The van der Waals surface area contributed by atoms with Crippen LogP contribution in [0.15, 0.2) is 47.4 Å². The van der Waals surface area contributed by atoms with Crippen LogP contribution < -0.4 is 9.46 Å². The Balaban J connectivity index is 1.57. The van der Waals surface area contributed by atoms with E-state index in [9.17, 15) is 21.6 Å². The Morgan fingerprint density at radius 1 is 1.00 bits per heavy atom. The minimum atomic E-state index is -4.45. The van der Waals surface area contributed by atoms with E-state index in [4.69, 9.17) is 4.74 Å². The first kappa shape index (κ1) is 19.7. The third kappa shape index (κ3) is 5.01. The maximum Gasteiger partial charge on any atom is 0.416 e. The molecular weight excluding hydrogens is 379 g/mol. The van der Waals surface area contributed by atoms with Crippen LogP contribution in [-0.4, -0.2) is 21.6 Å². The number of alkyl halides is 3. The second-order valence-corrected chi connectivity index (χ2v) is 8.18. The first-order valence-corrected chi connectivity index (χ1v) is 10.2. The summed E-state index contributed by atoms with van der Waals surface area (Å²) in [6.07, 6.45) is -0.447. The first-order valence-electron chi connectivity index (χ1n) is 8.67. The Kier molecular flexibility index (Phi) is 5.76. The van der Waals surface area contributed by atoms with E-state index >= 15 is 0 Å². The molecule has 0 spiro atoms. The molecule has 0 saturated heterocycles. The maximum atomic E-state index is 12.7. The van der Waals surface area contributed by atoms with Crippen LogP contribution in [0.3, 0.4) is 0 Å². The molecule has 4 nitrogen and oxygen atoms in total. The van der Waals surface area contributed by atoms with E-state index in [0.29, 0.717) is 0 Å². The number of nitrogens with one attached hydrogen (secondary N) is 1. The van der Waals surface area contributed by atoms with Gasteiger partial charge in [-0.05, 0) is 67.1 Å². The quantitative estimate of drug-likeness (QED) is 0.749. The largest absolute Gasteiger partial charge is 0.492 e. The van der Waals surface area contributed by atoms with E-state index < -0.39 is 21.8 Å². The molecule has 0 atom stereocenters. The summed E-state index contributed by atoms with van der Waals surface area (Å²) in [4.78, 5) is 0.196. The van der Waals surface area contributed by atoms with E-state index in [1.54, 1.807) is 12.1 Å². The number of sulfonamides is 1. The van der Waals surface area contributed by atoms with Crippen molar-refractivity contribution in [2.24, 2.45) is 0 Å². The summed E-state index contributed by atoms with van der Waals surface area (Å²) in [7, 11) is -3.69. The lowest BCUT2D eigenvalue weighted by atomic mass is 9.92.